The van der Waals surface area contributed by atoms with Crippen LogP contribution in [-0.4, -0.2) is 54.8 Å². The lowest BCUT2D eigenvalue weighted by Gasteiger charge is -2.36. The van der Waals surface area contributed by atoms with Gasteiger partial charge in [-0.2, -0.15) is 0 Å². The molecular formula is C27H35N5O2. The van der Waals surface area contributed by atoms with Gasteiger partial charge in [-0.25, -0.2) is 4.79 Å². The Balaban J connectivity index is 1.10. The summed E-state index contributed by atoms with van der Waals surface area (Å²) in [6.45, 7) is 7.25. The van der Waals surface area contributed by atoms with E-state index in [2.05, 4.69) is 43.9 Å². The van der Waals surface area contributed by atoms with Gasteiger partial charge >= 0.3 is 6.03 Å². The molecule has 3 aromatic rings. The van der Waals surface area contributed by atoms with Gasteiger partial charge in [0, 0.05) is 50.0 Å². The number of hydrogen-bond acceptors (Lipinski definition) is 4. The predicted octanol–water partition coefficient (Wildman–Crippen LogP) is 4.45. The first-order chi connectivity index (χ1) is 16.7. The van der Waals surface area contributed by atoms with Crippen molar-refractivity contribution in [3.8, 4) is 5.75 Å². The van der Waals surface area contributed by atoms with E-state index in [1.807, 2.05) is 24.4 Å². The van der Waals surface area contributed by atoms with Gasteiger partial charge in [0.1, 0.15) is 5.75 Å². The van der Waals surface area contributed by atoms with E-state index in [1.165, 1.54) is 17.7 Å². The van der Waals surface area contributed by atoms with E-state index in [0.29, 0.717) is 0 Å². The van der Waals surface area contributed by atoms with Gasteiger partial charge in [-0.3, -0.25) is 4.90 Å². The molecule has 0 spiro atoms. The zero-order valence-corrected chi connectivity index (χ0v) is 19.8. The Hall–Kier alpha value is -3.19. The van der Waals surface area contributed by atoms with Crippen LogP contribution < -0.4 is 20.7 Å². The Bertz CT molecular complexity index is 1130. The number of nitrogens with zero attached hydrogens (tertiary/aromatic N) is 3. The highest BCUT2D eigenvalue weighted by Gasteiger charge is 2.19. The minimum absolute atomic E-state index is 0.527. The summed E-state index contributed by atoms with van der Waals surface area (Å²) in [5, 5.41) is 3.78. The number of benzene rings is 2. The molecule has 2 aromatic carbocycles. The number of amides is 2. The summed E-state index contributed by atoms with van der Waals surface area (Å²) in [5.41, 5.74) is 9.95. The molecule has 1 saturated heterocycles. The molecule has 180 valence electrons. The average molecular weight is 462 g/mol. The summed E-state index contributed by atoms with van der Waals surface area (Å²) in [6.07, 6.45) is 7.74. The number of nitrogens with two attached hydrogens (primary N) is 1. The molecule has 0 saturated carbocycles. The summed E-state index contributed by atoms with van der Waals surface area (Å²) in [4.78, 5) is 16.4. The van der Waals surface area contributed by atoms with Crippen LogP contribution in [0.15, 0.2) is 48.7 Å². The quantitative estimate of drug-likeness (QED) is 0.510. The highest BCUT2D eigenvalue weighted by Crippen LogP contribution is 2.29. The third-order valence-corrected chi connectivity index (χ3v) is 7.05. The number of para-hydroxylation sites is 1. The Morgan fingerprint density at radius 2 is 1.82 bits per heavy atom. The van der Waals surface area contributed by atoms with Crippen LogP contribution in [-0.2, 0) is 13.0 Å². The van der Waals surface area contributed by atoms with Crippen LogP contribution in [0.1, 0.15) is 31.2 Å². The van der Waals surface area contributed by atoms with Gasteiger partial charge in [0.2, 0.25) is 0 Å². The van der Waals surface area contributed by atoms with Gasteiger partial charge in [0.05, 0.1) is 17.8 Å². The molecule has 1 fully saturated rings. The van der Waals surface area contributed by atoms with Crippen molar-refractivity contribution >= 4 is 28.3 Å². The first-order valence-corrected chi connectivity index (χ1v) is 12.5. The summed E-state index contributed by atoms with van der Waals surface area (Å²) in [6, 6.07) is 14.3. The molecule has 0 bridgehead atoms. The molecule has 0 radical (unpaired) electrons. The van der Waals surface area contributed by atoms with Crippen molar-refractivity contribution in [3.05, 3.63) is 54.2 Å². The number of piperazine rings is 1. The molecule has 0 atom stereocenters. The average Bonchev–Trinajstić information content (AvgIpc) is 3.02. The van der Waals surface area contributed by atoms with E-state index in [4.69, 9.17) is 10.5 Å². The number of hydrogen-bond donors (Lipinski definition) is 2. The van der Waals surface area contributed by atoms with Gasteiger partial charge in [-0.15, -0.1) is 0 Å². The predicted molar refractivity (Wildman–Crippen MR) is 138 cm³/mol. The number of carbonyl (C=O) groups excluding carboxylic acids is 1. The second-order valence-electron chi connectivity index (χ2n) is 9.38. The lowest BCUT2D eigenvalue weighted by molar-refractivity contribution is 0.251. The monoisotopic (exact) mass is 461 g/mol. The van der Waals surface area contributed by atoms with Gasteiger partial charge in [-0.1, -0.05) is 18.2 Å². The molecule has 0 aliphatic carbocycles. The van der Waals surface area contributed by atoms with E-state index in [1.54, 1.807) is 0 Å². The maximum Gasteiger partial charge on any atom is 0.316 e. The Morgan fingerprint density at radius 1 is 1.00 bits per heavy atom. The van der Waals surface area contributed by atoms with E-state index in [0.717, 1.165) is 93.9 Å². The van der Waals surface area contributed by atoms with E-state index in [9.17, 15) is 4.79 Å². The number of primary amides is 1. The molecule has 7 heteroatoms. The number of urea groups is 1. The summed E-state index contributed by atoms with van der Waals surface area (Å²) in [5.74, 6) is 1.08. The summed E-state index contributed by atoms with van der Waals surface area (Å²) >= 11 is 0. The number of nitrogens with one attached hydrogen (secondary N) is 1. The molecule has 2 aliphatic rings. The molecule has 7 nitrogen and oxygen atoms in total. The standard InChI is InChI=1S/C27H35N5O2/c28-27(33)29-24-20-32(25-9-2-1-8-23(24)25)13-5-4-12-30-14-16-31(17-15-30)22-10-11-26-21(19-22)7-3-6-18-34-26/h1-2,8-11,19-20H,3-7,12-18H2,(H3,28,29,33). The maximum absolute atomic E-state index is 11.3. The number of aromatic nitrogens is 1. The summed E-state index contributed by atoms with van der Waals surface area (Å²) in [7, 11) is 0. The maximum atomic E-state index is 11.3. The molecule has 5 rings (SSSR count). The van der Waals surface area contributed by atoms with Crippen molar-refractivity contribution in [3.63, 3.8) is 0 Å². The number of rotatable bonds is 7. The molecule has 3 heterocycles. The van der Waals surface area contributed by atoms with Gasteiger partial charge < -0.3 is 25.3 Å². The van der Waals surface area contributed by atoms with E-state index in [-0.39, 0.29) is 0 Å². The largest absolute Gasteiger partial charge is 0.493 e. The lowest BCUT2D eigenvalue weighted by atomic mass is 10.1. The van der Waals surface area contributed by atoms with E-state index < -0.39 is 6.03 Å². The van der Waals surface area contributed by atoms with Gasteiger partial charge in [0.15, 0.2) is 0 Å². The van der Waals surface area contributed by atoms with Crippen molar-refractivity contribution in [2.75, 3.05) is 49.5 Å². The SMILES string of the molecule is NC(=O)Nc1cn(CCCCN2CCN(c3ccc4c(c3)CCCCO4)CC2)c2ccccc12. The highest BCUT2D eigenvalue weighted by molar-refractivity contribution is 6.00. The Labute approximate surface area is 201 Å². The van der Waals surface area contributed by atoms with Crippen LogP contribution in [0.2, 0.25) is 0 Å². The minimum Gasteiger partial charge on any atom is -0.493 e. The van der Waals surface area contributed by atoms with Crippen molar-refractivity contribution in [2.24, 2.45) is 5.73 Å². The minimum atomic E-state index is -0.527. The first-order valence-electron chi connectivity index (χ1n) is 12.5. The fourth-order valence-electron chi connectivity index (χ4n) is 5.21. The van der Waals surface area contributed by atoms with Gasteiger partial charge in [0.25, 0.3) is 0 Å². The van der Waals surface area contributed by atoms with Crippen LogP contribution in [0, 0.1) is 0 Å². The second-order valence-corrected chi connectivity index (χ2v) is 9.38. The molecule has 0 unspecified atom stereocenters. The number of ether oxygens (including phenoxy) is 1. The van der Waals surface area contributed by atoms with Crippen molar-refractivity contribution in [2.45, 2.75) is 38.6 Å². The third-order valence-electron chi connectivity index (χ3n) is 7.05. The van der Waals surface area contributed by atoms with Crippen LogP contribution in [0.3, 0.4) is 0 Å². The van der Waals surface area contributed by atoms with Gasteiger partial charge in [-0.05, 0) is 68.5 Å². The number of anilines is 2. The Kier molecular flexibility index (Phi) is 6.90. The van der Waals surface area contributed by atoms with Crippen LogP contribution >= 0.6 is 0 Å². The van der Waals surface area contributed by atoms with Crippen molar-refractivity contribution in [1.82, 2.24) is 9.47 Å². The molecular weight excluding hydrogens is 426 g/mol. The number of aryl methyl sites for hydroxylation is 2. The third kappa shape index (κ3) is 5.14. The van der Waals surface area contributed by atoms with Crippen molar-refractivity contribution in [1.29, 1.82) is 0 Å². The first kappa shape index (κ1) is 22.6. The molecule has 2 amide bonds. The zero-order valence-electron chi connectivity index (χ0n) is 19.8. The molecule has 34 heavy (non-hydrogen) atoms. The molecule has 1 aromatic heterocycles. The lowest BCUT2D eigenvalue weighted by Crippen LogP contribution is -2.46. The normalized spacial score (nSPS) is 16.6. The molecule has 2 aliphatic heterocycles. The Morgan fingerprint density at radius 3 is 2.68 bits per heavy atom. The van der Waals surface area contributed by atoms with Crippen molar-refractivity contribution < 1.29 is 9.53 Å². The summed E-state index contributed by atoms with van der Waals surface area (Å²) < 4.78 is 8.11. The fourth-order valence-corrected chi connectivity index (χ4v) is 5.21. The smallest absolute Gasteiger partial charge is 0.316 e. The second kappa shape index (κ2) is 10.4. The van der Waals surface area contributed by atoms with Crippen LogP contribution in [0.5, 0.6) is 5.75 Å². The highest BCUT2D eigenvalue weighted by atomic mass is 16.5. The topological polar surface area (TPSA) is 75.8 Å². The van der Waals surface area contributed by atoms with E-state index >= 15 is 0 Å². The number of carbonyl (C=O) groups is 1. The number of unbranched alkanes of at least 4 members (excludes halogenated alkanes) is 1. The molecule has 3 N–H and O–H groups in total. The number of fused-ring (bicyclic) bond motifs is 2. The fraction of sp³-hybridized carbons (Fsp3) is 0.444. The zero-order chi connectivity index (χ0) is 23.3. The van der Waals surface area contributed by atoms with Crippen LogP contribution in [0.25, 0.3) is 10.9 Å². The van der Waals surface area contributed by atoms with Crippen LogP contribution in [0.4, 0.5) is 16.2 Å².